The van der Waals surface area contributed by atoms with E-state index < -0.39 is 16.1 Å². The fraction of sp³-hybridized carbons (Fsp3) is 0.500. The molecule has 27 heavy (non-hydrogen) atoms. The number of nitrogens with one attached hydrogen (secondary N) is 1. The predicted octanol–water partition coefficient (Wildman–Crippen LogP) is 3.05. The monoisotopic (exact) mass is 408 g/mol. The second kappa shape index (κ2) is 8.45. The molecule has 1 aromatic carbocycles. The van der Waals surface area contributed by atoms with Crippen molar-refractivity contribution in [2.75, 3.05) is 17.6 Å². The molecular weight excluding hydrogens is 384 g/mol. The lowest BCUT2D eigenvalue weighted by Gasteiger charge is -2.22. The molecular formula is C18H24N4O3S2. The van der Waals surface area contributed by atoms with Gasteiger partial charge < -0.3 is 0 Å². The molecule has 146 valence electrons. The maximum atomic E-state index is 12.7. The number of rotatable bonds is 7. The Morgan fingerprint density at radius 3 is 2.74 bits per heavy atom. The fourth-order valence-electron chi connectivity index (χ4n) is 3.05. The number of carbonyl (C=O) groups is 1. The molecule has 0 radical (unpaired) electrons. The second-order valence-corrected chi connectivity index (χ2v) is 9.72. The van der Waals surface area contributed by atoms with Crippen molar-refractivity contribution < 1.29 is 13.2 Å². The van der Waals surface area contributed by atoms with E-state index in [1.807, 2.05) is 38.1 Å². The number of carbonyl (C=O) groups excluding carboxylic acids is 1. The van der Waals surface area contributed by atoms with Crippen LogP contribution in [0.3, 0.4) is 0 Å². The van der Waals surface area contributed by atoms with Crippen LogP contribution in [0.1, 0.15) is 38.2 Å². The first-order valence-corrected chi connectivity index (χ1v) is 11.5. The second-order valence-electron chi connectivity index (χ2n) is 6.71. The van der Waals surface area contributed by atoms with Crippen LogP contribution in [0.4, 0.5) is 5.13 Å². The number of benzene rings is 1. The molecule has 2 heterocycles. The first-order chi connectivity index (χ1) is 12.9. The molecule has 1 atom stereocenters. The van der Waals surface area contributed by atoms with E-state index in [1.54, 1.807) is 0 Å². The standard InChI is InChI=1S/C18H24N4O3S2/c1-3-4-12-27(24,25)22-11-5-6-15(22)16(23)19-18-21-20-17(26-18)14-9-7-13(2)8-10-14/h7-10,15H,3-6,11-12H2,1-2H3,(H,19,21,23). The summed E-state index contributed by atoms with van der Waals surface area (Å²) in [6.45, 7) is 4.36. The summed E-state index contributed by atoms with van der Waals surface area (Å²) in [5.41, 5.74) is 2.09. The van der Waals surface area contributed by atoms with Crippen molar-refractivity contribution >= 4 is 32.4 Å². The van der Waals surface area contributed by atoms with Crippen LogP contribution in [-0.4, -0.2) is 47.2 Å². The third kappa shape index (κ3) is 4.72. The average Bonchev–Trinajstić information content (AvgIpc) is 3.30. The Labute approximate surface area is 163 Å². The molecule has 1 fully saturated rings. The molecule has 0 saturated carbocycles. The third-order valence-electron chi connectivity index (χ3n) is 4.57. The minimum absolute atomic E-state index is 0.0870. The molecule has 1 unspecified atom stereocenters. The molecule has 1 aromatic heterocycles. The van der Waals surface area contributed by atoms with Crippen molar-refractivity contribution in [1.82, 2.24) is 14.5 Å². The van der Waals surface area contributed by atoms with Gasteiger partial charge in [0.2, 0.25) is 21.1 Å². The number of aromatic nitrogens is 2. The molecule has 0 aliphatic carbocycles. The van der Waals surface area contributed by atoms with Gasteiger partial charge in [-0.05, 0) is 26.2 Å². The van der Waals surface area contributed by atoms with Crippen molar-refractivity contribution in [2.24, 2.45) is 0 Å². The van der Waals surface area contributed by atoms with Gasteiger partial charge in [0.1, 0.15) is 11.0 Å². The highest BCUT2D eigenvalue weighted by molar-refractivity contribution is 7.89. The lowest BCUT2D eigenvalue weighted by Crippen LogP contribution is -2.44. The van der Waals surface area contributed by atoms with Gasteiger partial charge in [-0.1, -0.05) is 54.5 Å². The molecule has 1 amide bonds. The maximum Gasteiger partial charge on any atom is 0.244 e. The van der Waals surface area contributed by atoms with Gasteiger partial charge in [-0.15, -0.1) is 10.2 Å². The largest absolute Gasteiger partial charge is 0.299 e. The molecule has 7 nitrogen and oxygen atoms in total. The quantitative estimate of drug-likeness (QED) is 0.760. The molecule has 9 heteroatoms. The third-order valence-corrected chi connectivity index (χ3v) is 7.42. The van der Waals surface area contributed by atoms with Crippen LogP contribution in [-0.2, 0) is 14.8 Å². The van der Waals surface area contributed by atoms with Gasteiger partial charge in [-0.3, -0.25) is 10.1 Å². The molecule has 1 saturated heterocycles. The molecule has 1 aliphatic heterocycles. The van der Waals surface area contributed by atoms with Gasteiger partial charge >= 0.3 is 0 Å². The Morgan fingerprint density at radius 2 is 2.04 bits per heavy atom. The molecule has 2 aromatic rings. The van der Waals surface area contributed by atoms with Gasteiger partial charge in [0, 0.05) is 12.1 Å². The topological polar surface area (TPSA) is 92.3 Å². The number of hydrogen-bond acceptors (Lipinski definition) is 6. The van der Waals surface area contributed by atoms with Crippen LogP contribution >= 0.6 is 11.3 Å². The van der Waals surface area contributed by atoms with Crippen LogP contribution in [0.25, 0.3) is 10.6 Å². The zero-order chi connectivity index (χ0) is 19.4. The van der Waals surface area contributed by atoms with Crippen molar-refractivity contribution in [3.8, 4) is 10.6 Å². The van der Waals surface area contributed by atoms with E-state index in [2.05, 4.69) is 15.5 Å². The SMILES string of the molecule is CCCCS(=O)(=O)N1CCCC1C(=O)Nc1nnc(-c2ccc(C)cc2)s1. The normalized spacial score (nSPS) is 17.9. The molecule has 0 spiro atoms. The molecule has 1 N–H and O–H groups in total. The minimum Gasteiger partial charge on any atom is -0.299 e. The zero-order valence-corrected chi connectivity index (χ0v) is 17.1. The Kier molecular flexibility index (Phi) is 6.23. The first kappa shape index (κ1) is 19.9. The van der Waals surface area contributed by atoms with E-state index in [0.29, 0.717) is 35.9 Å². The van der Waals surface area contributed by atoms with Gasteiger partial charge in [0.15, 0.2) is 0 Å². The molecule has 3 rings (SSSR count). The molecule has 0 bridgehead atoms. The number of amides is 1. The number of hydrogen-bond donors (Lipinski definition) is 1. The summed E-state index contributed by atoms with van der Waals surface area (Å²) < 4.78 is 26.3. The van der Waals surface area contributed by atoms with E-state index >= 15 is 0 Å². The summed E-state index contributed by atoms with van der Waals surface area (Å²) in [4.78, 5) is 12.7. The number of aryl methyl sites for hydroxylation is 1. The van der Waals surface area contributed by atoms with Crippen LogP contribution in [0, 0.1) is 6.92 Å². The van der Waals surface area contributed by atoms with Crippen molar-refractivity contribution in [3.05, 3.63) is 29.8 Å². The van der Waals surface area contributed by atoms with Crippen LogP contribution in [0.15, 0.2) is 24.3 Å². The highest BCUT2D eigenvalue weighted by Gasteiger charge is 2.38. The predicted molar refractivity (Wildman–Crippen MR) is 107 cm³/mol. The highest BCUT2D eigenvalue weighted by Crippen LogP contribution is 2.28. The van der Waals surface area contributed by atoms with Gasteiger partial charge in [0.05, 0.1) is 5.75 Å². The lowest BCUT2D eigenvalue weighted by atomic mass is 10.2. The number of unbranched alkanes of at least 4 members (excludes halogenated alkanes) is 1. The fourth-order valence-corrected chi connectivity index (χ4v) is 5.69. The summed E-state index contributed by atoms with van der Waals surface area (Å²) >= 11 is 1.28. The first-order valence-electron chi connectivity index (χ1n) is 9.11. The van der Waals surface area contributed by atoms with Crippen molar-refractivity contribution in [3.63, 3.8) is 0 Å². The van der Waals surface area contributed by atoms with E-state index in [1.165, 1.54) is 15.6 Å². The van der Waals surface area contributed by atoms with E-state index in [9.17, 15) is 13.2 Å². The van der Waals surface area contributed by atoms with Gasteiger partial charge in [0.25, 0.3) is 0 Å². The Morgan fingerprint density at radius 1 is 1.30 bits per heavy atom. The van der Waals surface area contributed by atoms with Gasteiger partial charge in [-0.25, -0.2) is 8.42 Å². The minimum atomic E-state index is -3.41. The van der Waals surface area contributed by atoms with Crippen molar-refractivity contribution in [2.45, 2.75) is 45.6 Å². The summed E-state index contributed by atoms with van der Waals surface area (Å²) in [5.74, 6) is -0.247. The number of nitrogens with zero attached hydrogens (tertiary/aromatic N) is 3. The Bertz CT molecular complexity index is 894. The van der Waals surface area contributed by atoms with Crippen LogP contribution in [0.5, 0.6) is 0 Å². The van der Waals surface area contributed by atoms with E-state index in [0.717, 1.165) is 17.5 Å². The van der Waals surface area contributed by atoms with Crippen molar-refractivity contribution in [1.29, 1.82) is 0 Å². The summed E-state index contributed by atoms with van der Waals surface area (Å²) in [6.07, 6.45) is 2.62. The van der Waals surface area contributed by atoms with Gasteiger partial charge in [-0.2, -0.15) is 4.31 Å². The highest BCUT2D eigenvalue weighted by atomic mass is 32.2. The summed E-state index contributed by atoms with van der Waals surface area (Å²) in [5, 5.41) is 12.0. The lowest BCUT2D eigenvalue weighted by molar-refractivity contribution is -0.119. The smallest absolute Gasteiger partial charge is 0.244 e. The van der Waals surface area contributed by atoms with E-state index in [4.69, 9.17) is 0 Å². The number of sulfonamides is 1. The van der Waals surface area contributed by atoms with Crippen LogP contribution in [0.2, 0.25) is 0 Å². The Hall–Kier alpha value is -1.84. The molecule has 1 aliphatic rings. The summed E-state index contributed by atoms with van der Waals surface area (Å²) in [6, 6.07) is 7.23. The number of anilines is 1. The Balaban J connectivity index is 1.69. The zero-order valence-electron chi connectivity index (χ0n) is 15.5. The maximum absolute atomic E-state index is 12.7. The van der Waals surface area contributed by atoms with Crippen LogP contribution < -0.4 is 5.32 Å². The summed E-state index contributed by atoms with van der Waals surface area (Å²) in [7, 11) is -3.41. The van der Waals surface area contributed by atoms with E-state index in [-0.39, 0.29) is 11.7 Å². The average molecular weight is 409 g/mol.